The van der Waals surface area contributed by atoms with Gasteiger partial charge in [0.05, 0.1) is 12.7 Å². The third-order valence-electron chi connectivity index (χ3n) is 4.17. The third-order valence-corrected chi connectivity index (χ3v) is 4.17. The number of anilines is 1. The van der Waals surface area contributed by atoms with Gasteiger partial charge < -0.3 is 4.90 Å². The van der Waals surface area contributed by atoms with E-state index in [4.69, 9.17) is 0 Å². The van der Waals surface area contributed by atoms with E-state index in [1.54, 1.807) is 6.33 Å². The Bertz CT molecular complexity index is 836. The highest BCUT2D eigenvalue weighted by atomic mass is 15.5. The number of nitrogens with zero attached hydrogens (tertiary/aromatic N) is 6. The Hall–Kier alpha value is -3.02. The molecule has 1 heterocycles. The number of hydrogen-bond acceptors (Lipinski definition) is 4. The molecule has 2 aromatic carbocycles. The highest BCUT2D eigenvalue weighted by molar-refractivity contribution is 5.53. The SMILES string of the molecule is CCN(Cc1ccccc1)c1ccc(N=Nc2nc[n+](C)n2C)cc1. The van der Waals surface area contributed by atoms with Gasteiger partial charge in [0.15, 0.2) is 0 Å². The first-order chi connectivity index (χ1) is 12.2. The number of aromatic nitrogens is 3. The van der Waals surface area contributed by atoms with Crippen molar-refractivity contribution in [2.24, 2.45) is 24.3 Å². The van der Waals surface area contributed by atoms with Gasteiger partial charge in [-0.1, -0.05) is 35.4 Å². The van der Waals surface area contributed by atoms with Gasteiger partial charge in [0.25, 0.3) is 0 Å². The molecular weight excluding hydrogens is 312 g/mol. The lowest BCUT2D eigenvalue weighted by molar-refractivity contribution is -0.751. The monoisotopic (exact) mass is 335 g/mol. The molecule has 0 spiro atoms. The number of aryl methyl sites for hydroxylation is 1. The van der Waals surface area contributed by atoms with Crippen LogP contribution >= 0.6 is 0 Å². The summed E-state index contributed by atoms with van der Waals surface area (Å²) in [6.45, 7) is 4.00. The van der Waals surface area contributed by atoms with Gasteiger partial charge in [0, 0.05) is 18.8 Å². The molecule has 0 N–H and O–H groups in total. The Balaban J connectivity index is 1.71. The molecule has 25 heavy (non-hydrogen) atoms. The summed E-state index contributed by atoms with van der Waals surface area (Å²) in [6.07, 6.45) is 1.71. The Morgan fingerprint density at radius 1 is 1.04 bits per heavy atom. The first kappa shape index (κ1) is 16.8. The van der Waals surface area contributed by atoms with Crippen LogP contribution in [0.15, 0.2) is 71.2 Å². The molecule has 0 amide bonds. The summed E-state index contributed by atoms with van der Waals surface area (Å²) in [6, 6.07) is 18.6. The summed E-state index contributed by atoms with van der Waals surface area (Å²) in [4.78, 5) is 6.52. The van der Waals surface area contributed by atoms with Crippen LogP contribution in [0.4, 0.5) is 17.3 Å². The largest absolute Gasteiger partial charge is 0.394 e. The van der Waals surface area contributed by atoms with Crippen molar-refractivity contribution in [1.29, 1.82) is 0 Å². The van der Waals surface area contributed by atoms with Crippen LogP contribution in [0.5, 0.6) is 0 Å². The fraction of sp³-hybridized carbons (Fsp3) is 0.263. The Morgan fingerprint density at radius 2 is 1.76 bits per heavy atom. The molecule has 0 saturated heterocycles. The summed E-state index contributed by atoms with van der Waals surface area (Å²) in [5.41, 5.74) is 3.29. The van der Waals surface area contributed by atoms with Crippen molar-refractivity contribution in [3.63, 3.8) is 0 Å². The topological polar surface area (TPSA) is 49.7 Å². The van der Waals surface area contributed by atoms with Crippen LogP contribution < -0.4 is 9.58 Å². The highest BCUT2D eigenvalue weighted by Gasteiger charge is 2.10. The predicted molar refractivity (Wildman–Crippen MR) is 98.2 cm³/mol. The summed E-state index contributed by atoms with van der Waals surface area (Å²) < 4.78 is 3.68. The molecule has 1 aromatic heterocycles. The second-order valence-corrected chi connectivity index (χ2v) is 5.86. The molecule has 0 aliphatic rings. The smallest absolute Gasteiger partial charge is 0.367 e. The summed E-state index contributed by atoms with van der Waals surface area (Å²) in [7, 11) is 3.81. The zero-order chi connectivity index (χ0) is 17.6. The normalized spacial score (nSPS) is 11.2. The van der Waals surface area contributed by atoms with Gasteiger partial charge in [-0.05, 0) is 41.7 Å². The first-order valence-corrected chi connectivity index (χ1v) is 8.35. The van der Waals surface area contributed by atoms with Crippen molar-refractivity contribution in [2.45, 2.75) is 13.5 Å². The Labute approximate surface area is 148 Å². The predicted octanol–water partition coefficient (Wildman–Crippen LogP) is 3.69. The summed E-state index contributed by atoms with van der Waals surface area (Å²) >= 11 is 0. The van der Waals surface area contributed by atoms with Crippen LogP contribution in [-0.4, -0.2) is 16.2 Å². The van der Waals surface area contributed by atoms with E-state index in [9.17, 15) is 0 Å². The van der Waals surface area contributed by atoms with E-state index >= 15 is 0 Å². The van der Waals surface area contributed by atoms with Crippen LogP contribution in [0.3, 0.4) is 0 Å². The van der Waals surface area contributed by atoms with Crippen LogP contribution in [0.1, 0.15) is 12.5 Å². The van der Waals surface area contributed by atoms with Crippen LogP contribution in [0.25, 0.3) is 0 Å². The minimum Gasteiger partial charge on any atom is -0.367 e. The van der Waals surface area contributed by atoms with Crippen LogP contribution in [0, 0.1) is 0 Å². The molecule has 128 valence electrons. The van der Waals surface area contributed by atoms with Gasteiger partial charge in [0.1, 0.15) is 7.05 Å². The Morgan fingerprint density at radius 3 is 2.36 bits per heavy atom. The summed E-state index contributed by atoms with van der Waals surface area (Å²) in [5.74, 6) is 0.575. The van der Waals surface area contributed by atoms with Crippen molar-refractivity contribution in [3.8, 4) is 0 Å². The van der Waals surface area contributed by atoms with E-state index in [1.807, 2.05) is 41.7 Å². The molecule has 0 radical (unpaired) electrons. The van der Waals surface area contributed by atoms with Crippen molar-refractivity contribution in [2.75, 3.05) is 11.4 Å². The van der Waals surface area contributed by atoms with Crippen LogP contribution in [-0.2, 0) is 20.6 Å². The number of hydrogen-bond donors (Lipinski definition) is 0. The molecule has 6 heteroatoms. The third kappa shape index (κ3) is 4.09. The van der Waals surface area contributed by atoms with Gasteiger partial charge in [-0.25, -0.2) is 0 Å². The van der Waals surface area contributed by atoms with Gasteiger partial charge in [-0.2, -0.15) is 9.36 Å². The first-order valence-electron chi connectivity index (χ1n) is 8.35. The van der Waals surface area contributed by atoms with Gasteiger partial charge >= 0.3 is 12.3 Å². The molecule has 0 aliphatic carbocycles. The number of rotatable bonds is 6. The lowest BCUT2D eigenvalue weighted by atomic mass is 10.2. The van der Waals surface area contributed by atoms with Crippen molar-refractivity contribution >= 4 is 17.3 Å². The molecule has 0 bridgehead atoms. The zero-order valence-electron chi connectivity index (χ0n) is 14.9. The van der Waals surface area contributed by atoms with Crippen molar-refractivity contribution in [3.05, 3.63) is 66.5 Å². The maximum Gasteiger partial charge on any atom is 0.394 e. The minimum absolute atomic E-state index is 0.575. The second kappa shape index (κ2) is 7.70. The molecule has 6 nitrogen and oxygen atoms in total. The fourth-order valence-corrected chi connectivity index (χ4v) is 2.55. The average Bonchev–Trinajstić information content (AvgIpc) is 2.98. The lowest BCUT2D eigenvalue weighted by Gasteiger charge is -2.23. The van der Waals surface area contributed by atoms with E-state index < -0.39 is 0 Å². The van der Waals surface area contributed by atoms with Gasteiger partial charge in [-0.3, -0.25) is 0 Å². The average molecular weight is 335 g/mol. The van der Waals surface area contributed by atoms with E-state index in [0.29, 0.717) is 5.95 Å². The van der Waals surface area contributed by atoms with E-state index in [1.165, 1.54) is 11.3 Å². The van der Waals surface area contributed by atoms with E-state index in [2.05, 4.69) is 63.4 Å². The van der Waals surface area contributed by atoms with E-state index in [-0.39, 0.29) is 0 Å². The quantitative estimate of drug-likeness (QED) is 0.509. The standard InChI is InChI=1S/C19H23N6/c1-4-25(14-16-8-6-5-7-9-16)18-12-10-17(11-13-18)21-22-19-20-15-23(2)24(19)3/h5-13,15H,4,14H2,1-3H3/q+1. The molecule has 0 aliphatic heterocycles. The van der Waals surface area contributed by atoms with Crippen molar-refractivity contribution < 1.29 is 4.68 Å². The molecule has 3 aromatic rings. The highest BCUT2D eigenvalue weighted by Crippen LogP contribution is 2.22. The maximum absolute atomic E-state index is 4.27. The second-order valence-electron chi connectivity index (χ2n) is 5.86. The van der Waals surface area contributed by atoms with Crippen molar-refractivity contribution in [1.82, 2.24) is 9.67 Å². The molecule has 0 unspecified atom stereocenters. The van der Waals surface area contributed by atoms with Gasteiger partial charge in [0.2, 0.25) is 0 Å². The maximum atomic E-state index is 4.27. The molecule has 0 fully saturated rings. The van der Waals surface area contributed by atoms with Crippen LogP contribution in [0.2, 0.25) is 0 Å². The Kier molecular flexibility index (Phi) is 5.18. The fourth-order valence-electron chi connectivity index (χ4n) is 2.55. The number of benzene rings is 2. The lowest BCUT2D eigenvalue weighted by Crippen LogP contribution is -2.35. The molecule has 3 rings (SSSR count). The molecule has 0 saturated carbocycles. The molecule has 0 atom stereocenters. The van der Waals surface area contributed by atoms with E-state index in [0.717, 1.165) is 18.8 Å². The minimum atomic E-state index is 0.575. The summed E-state index contributed by atoms with van der Waals surface area (Å²) in [5, 5.41) is 8.47. The molecular formula is C19H23N6+. The number of azo groups is 1. The zero-order valence-corrected chi connectivity index (χ0v) is 14.9. The van der Waals surface area contributed by atoms with Gasteiger partial charge in [-0.15, -0.1) is 5.11 Å².